The topological polar surface area (TPSA) is 813 Å². The van der Waals surface area contributed by atoms with Crippen LogP contribution in [0.4, 0.5) is 11.4 Å². The molecule has 0 heterocycles. The SMILES string of the molecule is Cc1cc(Cl)ccc1Cl.N#N.Nc1cc(Cl)ccc1Cl.O.O.O=NO.O=NOS(=O)(=O)O.O=N[O-].O=S(=O)(O)O.O=S(=O)(O)O.O=S(=O)(O)O.O=S(=O)(O)O.O=S(=O)([O-])O.O=[S-](=[N+]=Nc1cc(Cl)ccc1Cl)OO[O-].Oc1cc(Cl)ccc1Cl.[Na+].[Na+]. The number of aromatic hydroxyl groups is 1. The number of hydrogen-bond donors (Lipinski definition) is 13. The minimum atomic E-state index is -4.92. The standard InChI is InChI=1S/C7H6Cl2.C6H4Cl2N2O4S.C6H5Cl2N.C6H4Cl2O.N2.HNO5S.2HNO2.2Na.5H2O4S.2H2O/c1-5-4-6(8)2-3-7(5)9;7-4-1-2-5(8)6(3-4)9-10-15(12)14-13-11;2*7-4-1-2-5(8)6(9)3-4;1-2;2-1-6-7(3,4)5;2*2-1-3;;;5*1-5(2,3)4;;/h2-4H,1H3;1-3,11H;1-3H,9H2;1-3,9H;;(H,3,4,5);2*(H,2,3);;;5*(H2,1,2,3,4);2*1H2/q;;;;;;;;2*+1;;;;;;;/p-3. The Morgan fingerprint density at radius 2 is 0.837 bits per heavy atom. The summed E-state index contributed by atoms with van der Waals surface area (Å²) in [6.07, 6.45) is 0. The van der Waals surface area contributed by atoms with Gasteiger partial charge < -0.3 is 56.2 Å². The summed E-state index contributed by atoms with van der Waals surface area (Å²) in [6, 6.07) is 19.4. The number of phenolic OH excluding ortho intramolecular Hbond substituents is 1. The monoisotopic (exact) mass is 1570 g/mol. The zero-order valence-electron chi connectivity index (χ0n) is 40.9. The zero-order chi connectivity index (χ0) is 67.6. The summed E-state index contributed by atoms with van der Waals surface area (Å²) >= 11 is 44.9. The molecule has 0 aliphatic rings. The van der Waals surface area contributed by atoms with Crippen molar-refractivity contribution in [3.05, 3.63) is 138 Å². The second-order valence-corrected chi connectivity index (χ2v) is 19.8. The number of hydrogen-bond acceptors (Lipinski definition) is 31. The second-order valence-electron chi connectivity index (χ2n) is 10.2. The van der Waals surface area contributed by atoms with Gasteiger partial charge in [0.2, 0.25) is 10.4 Å². The molecule has 4 aromatic carbocycles. The third kappa shape index (κ3) is 139. The molecular formula is C25H33Cl8N8Na2O36S7-. The number of rotatable bonds is 5. The van der Waals surface area contributed by atoms with Crippen LogP contribution in [-0.2, 0) is 91.1 Å². The molecule has 86 heavy (non-hydrogen) atoms. The number of nitrogens with zero attached hydrogens (tertiary/aromatic N) is 7. The number of phenols is 1. The van der Waals surface area contributed by atoms with Gasteiger partial charge in [0.25, 0.3) is 10.9 Å². The summed E-state index contributed by atoms with van der Waals surface area (Å²) in [4.78, 5) is 24.9. The maximum absolute atomic E-state index is 10.6. The maximum Gasteiger partial charge on any atom is 1.00 e. The van der Waals surface area contributed by atoms with Crippen LogP contribution < -0.4 is 74.3 Å². The van der Waals surface area contributed by atoms with Crippen molar-refractivity contribution < 1.29 is 204 Å². The molecule has 44 nitrogen and oxygen atoms in total. The van der Waals surface area contributed by atoms with E-state index >= 15 is 0 Å². The van der Waals surface area contributed by atoms with Crippen molar-refractivity contribution in [3.63, 3.8) is 0 Å². The Hall–Kier alpha value is -2.86. The third-order valence-corrected chi connectivity index (χ3v) is 7.30. The van der Waals surface area contributed by atoms with E-state index in [-0.39, 0.29) is 86.5 Å². The fourth-order valence-corrected chi connectivity index (χ4v) is 3.88. The van der Waals surface area contributed by atoms with E-state index in [9.17, 15) is 17.9 Å². The fourth-order valence-electron chi connectivity index (χ4n) is 2.32. The molecule has 0 saturated carbocycles. The van der Waals surface area contributed by atoms with Crippen molar-refractivity contribution in [2.75, 3.05) is 5.73 Å². The second kappa shape index (κ2) is 63.7. The van der Waals surface area contributed by atoms with Gasteiger partial charge in [0.1, 0.15) is 10.9 Å². The quantitative estimate of drug-likeness (QED) is 0.00941. The van der Waals surface area contributed by atoms with E-state index in [0.717, 1.165) is 20.9 Å². The number of aryl methyl sites for hydroxylation is 1. The minimum Gasteiger partial charge on any atom is -0.726 e. The Bertz CT molecular complexity index is 3020. The van der Waals surface area contributed by atoms with E-state index in [1.165, 1.54) is 28.9 Å². The van der Waals surface area contributed by atoms with Crippen molar-refractivity contribution in [2.45, 2.75) is 6.92 Å². The largest absolute Gasteiger partial charge is 1.00 e. The van der Waals surface area contributed by atoms with Gasteiger partial charge in [-0.2, -0.15) is 42.1 Å². The van der Waals surface area contributed by atoms with E-state index < -0.39 is 73.3 Å². The van der Waals surface area contributed by atoms with Crippen molar-refractivity contribution in [1.82, 2.24) is 4.16 Å². The molecule has 0 fully saturated rings. The van der Waals surface area contributed by atoms with Crippen molar-refractivity contribution in [3.8, 4) is 5.75 Å². The first-order valence-electron chi connectivity index (χ1n) is 16.2. The smallest absolute Gasteiger partial charge is 0.726 e. The van der Waals surface area contributed by atoms with E-state index in [1.54, 1.807) is 48.5 Å². The van der Waals surface area contributed by atoms with Crippen molar-refractivity contribution in [2.24, 2.45) is 21.1 Å². The molecule has 0 amide bonds. The van der Waals surface area contributed by atoms with Crippen LogP contribution in [0.15, 0.2) is 93.9 Å². The molecule has 0 aromatic heterocycles. The summed E-state index contributed by atoms with van der Waals surface area (Å²) in [5.74, 6) is 0.0177. The number of nitrogens with two attached hydrogens (primary N) is 1. The Labute approximate surface area is 568 Å². The molecule has 0 aliphatic carbocycles. The Morgan fingerprint density at radius 3 is 1.06 bits per heavy atom. The van der Waals surface area contributed by atoms with Crippen LogP contribution in [0.2, 0.25) is 40.2 Å². The summed E-state index contributed by atoms with van der Waals surface area (Å²) in [5.41, 5.74) is 7.14. The van der Waals surface area contributed by atoms with Gasteiger partial charge in [0.05, 0.1) is 20.8 Å². The average molecular weight is 1580 g/mol. The Kier molecular flexibility index (Phi) is 84.5. The molecule has 0 unspecified atom stereocenters. The molecule has 490 valence electrons. The summed E-state index contributed by atoms with van der Waals surface area (Å²) in [6.45, 7) is 1.92. The minimum absolute atomic E-state index is 0. The first-order valence-corrected chi connectivity index (χ1v) is 28.6. The van der Waals surface area contributed by atoms with Crippen LogP contribution in [-0.4, -0.2) is 122 Å². The summed E-state index contributed by atoms with van der Waals surface area (Å²) < 4.78 is 205. The molecular weight excluding hydrogens is 1540 g/mol. The van der Waals surface area contributed by atoms with Crippen LogP contribution in [0.5, 0.6) is 5.75 Å². The van der Waals surface area contributed by atoms with Crippen LogP contribution in [0.3, 0.4) is 0 Å². The predicted molar refractivity (Wildman–Crippen MR) is 286 cm³/mol. The third-order valence-electron chi connectivity index (χ3n) is 4.32. The van der Waals surface area contributed by atoms with Gasteiger partial charge in [-0.25, -0.2) is 17.0 Å². The molecule has 0 aliphatic heterocycles. The first kappa shape index (κ1) is 114. The Morgan fingerprint density at radius 1 is 0.570 bits per heavy atom. The van der Waals surface area contributed by atoms with E-state index in [2.05, 4.69) is 22.9 Å². The molecule has 4 rings (SSSR count). The number of anilines is 1. The molecule has 0 spiro atoms. The predicted octanol–water partition coefficient (Wildman–Crippen LogP) is -1.33. The van der Waals surface area contributed by atoms with E-state index in [1.807, 2.05) is 13.0 Å². The van der Waals surface area contributed by atoms with Gasteiger partial charge in [-0.05, 0) is 83.4 Å². The van der Waals surface area contributed by atoms with E-state index in [4.69, 9.17) is 232 Å². The molecule has 0 bridgehead atoms. The van der Waals surface area contributed by atoms with E-state index in [0.29, 0.717) is 30.8 Å². The molecule has 0 saturated heterocycles. The van der Waals surface area contributed by atoms with Gasteiger partial charge in [-0.1, -0.05) is 92.8 Å². The summed E-state index contributed by atoms with van der Waals surface area (Å²) in [5, 5.41) is 59.0. The van der Waals surface area contributed by atoms with Crippen LogP contribution in [0, 0.1) is 37.6 Å². The van der Waals surface area contributed by atoms with Gasteiger partial charge >= 0.3 is 111 Å². The van der Waals surface area contributed by atoms with Gasteiger partial charge in [0, 0.05) is 42.0 Å². The molecule has 61 heteroatoms. The summed E-state index contributed by atoms with van der Waals surface area (Å²) in [7, 11) is -30.6. The normalized spacial score (nSPS) is 9.30. The maximum atomic E-state index is 10.6. The number of benzene rings is 4. The number of nitrogen functional groups attached to an aromatic ring is 1. The van der Waals surface area contributed by atoms with Crippen molar-refractivity contribution >= 4 is 177 Å². The van der Waals surface area contributed by atoms with Crippen molar-refractivity contribution in [1.29, 1.82) is 10.8 Å². The zero-order valence-corrected chi connectivity index (χ0v) is 56.6. The van der Waals surface area contributed by atoms with Gasteiger partial charge in [-0.3, -0.25) is 45.5 Å². The molecule has 4 aromatic rings. The van der Waals surface area contributed by atoms with Crippen LogP contribution in [0.1, 0.15) is 5.56 Å². The molecule has 18 N–H and O–H groups in total. The van der Waals surface area contributed by atoms with Crippen LogP contribution in [0.25, 0.3) is 0 Å². The molecule has 0 atom stereocenters. The molecule has 0 radical (unpaired) electrons. The number of halogens is 8. The van der Waals surface area contributed by atoms with Gasteiger partial charge in [-0.15, -0.1) is 15.2 Å². The first-order chi connectivity index (χ1) is 36.6. The average Bonchev–Trinajstić information content (AvgIpc) is 3.24. The van der Waals surface area contributed by atoms with Gasteiger partial charge in [0.15, 0.2) is 16.4 Å². The van der Waals surface area contributed by atoms with Crippen LogP contribution >= 0.6 is 92.8 Å². The Balaban J connectivity index is -0.0000000627. The fraction of sp³-hybridized carbons (Fsp3) is 0.0400.